The summed E-state index contributed by atoms with van der Waals surface area (Å²) in [6.45, 7) is 0. The van der Waals surface area contributed by atoms with Gasteiger partial charge in [-0.2, -0.15) is 0 Å². The van der Waals surface area contributed by atoms with Crippen molar-refractivity contribution in [3.05, 3.63) is 33.1 Å². The lowest BCUT2D eigenvalue weighted by Gasteiger charge is -2.09. The lowest BCUT2D eigenvalue weighted by atomic mass is 10.2. The zero-order valence-electron chi connectivity index (χ0n) is 9.22. The fourth-order valence-corrected chi connectivity index (χ4v) is 4.78. The van der Waals surface area contributed by atoms with Gasteiger partial charge in [0, 0.05) is 6.07 Å². The van der Waals surface area contributed by atoms with Gasteiger partial charge in [-0.3, -0.25) is 4.72 Å². The van der Waals surface area contributed by atoms with E-state index in [1.807, 2.05) is 0 Å². The van der Waals surface area contributed by atoms with E-state index < -0.39 is 10.0 Å². The third-order valence-electron chi connectivity index (χ3n) is 2.17. The highest BCUT2D eigenvalue weighted by Crippen LogP contribution is 2.36. The van der Waals surface area contributed by atoms with Crippen molar-refractivity contribution in [2.45, 2.75) is 4.21 Å². The predicted octanol–water partition coefficient (Wildman–Crippen LogP) is 3.25. The van der Waals surface area contributed by atoms with Gasteiger partial charge in [0.2, 0.25) is 0 Å². The van der Waals surface area contributed by atoms with Gasteiger partial charge in [-0.15, -0.1) is 11.3 Å². The number of thiophene rings is 1. The maximum atomic E-state index is 12.1. The van der Waals surface area contributed by atoms with Crippen LogP contribution in [0.3, 0.4) is 0 Å². The summed E-state index contributed by atoms with van der Waals surface area (Å²) >= 11 is 9.95. The summed E-state index contributed by atoms with van der Waals surface area (Å²) < 4.78 is 27.2. The highest BCUT2D eigenvalue weighted by molar-refractivity contribution is 9.11. The number of phenolic OH excluding ortho intramolecular Hbond substituents is 1. The summed E-state index contributed by atoms with van der Waals surface area (Å²) in [5, 5.41) is 9.54. The standard InChI is InChI=1S/C10H8BrClN2O3S2/c11-10-6(12)4-9(18-10)19(16,17)14-8-2-1-5(15)3-7(8)13/h1-4,14-15H,13H2. The Morgan fingerprint density at radius 3 is 2.58 bits per heavy atom. The summed E-state index contributed by atoms with van der Waals surface area (Å²) in [5.41, 5.74) is 5.95. The van der Waals surface area contributed by atoms with Crippen molar-refractivity contribution in [3.8, 4) is 5.75 Å². The first-order chi connectivity index (χ1) is 8.79. The smallest absolute Gasteiger partial charge is 0.271 e. The van der Waals surface area contributed by atoms with Crippen LogP contribution in [0.4, 0.5) is 11.4 Å². The van der Waals surface area contributed by atoms with Crippen LogP contribution >= 0.6 is 38.9 Å². The van der Waals surface area contributed by atoms with E-state index in [9.17, 15) is 13.5 Å². The lowest BCUT2D eigenvalue weighted by Crippen LogP contribution is -2.12. The summed E-state index contributed by atoms with van der Waals surface area (Å²) in [6, 6.07) is 5.32. The van der Waals surface area contributed by atoms with Crippen LogP contribution in [0.15, 0.2) is 32.3 Å². The van der Waals surface area contributed by atoms with Gasteiger partial charge in [-0.25, -0.2) is 8.42 Å². The number of benzene rings is 1. The molecule has 0 amide bonds. The third kappa shape index (κ3) is 3.14. The number of nitrogen functional groups attached to an aromatic ring is 1. The van der Waals surface area contributed by atoms with Crippen LogP contribution in [-0.2, 0) is 10.0 Å². The molecule has 0 aliphatic heterocycles. The molecule has 19 heavy (non-hydrogen) atoms. The summed E-state index contributed by atoms with van der Waals surface area (Å²) in [5.74, 6) is -0.0395. The van der Waals surface area contributed by atoms with Gasteiger partial charge in [0.1, 0.15) is 9.96 Å². The van der Waals surface area contributed by atoms with Crippen LogP contribution in [0, 0.1) is 0 Å². The van der Waals surface area contributed by atoms with E-state index in [1.165, 1.54) is 24.3 Å². The van der Waals surface area contributed by atoms with Gasteiger partial charge in [0.15, 0.2) is 0 Å². The highest BCUT2D eigenvalue weighted by atomic mass is 79.9. The van der Waals surface area contributed by atoms with E-state index >= 15 is 0 Å². The van der Waals surface area contributed by atoms with Crippen LogP contribution in [0.5, 0.6) is 5.75 Å². The molecular formula is C10H8BrClN2O3S2. The zero-order valence-corrected chi connectivity index (χ0v) is 13.2. The Morgan fingerprint density at radius 2 is 2.05 bits per heavy atom. The predicted molar refractivity (Wildman–Crippen MR) is 80.4 cm³/mol. The minimum absolute atomic E-state index is 0.0395. The van der Waals surface area contributed by atoms with Crippen LogP contribution in [0.1, 0.15) is 0 Å². The van der Waals surface area contributed by atoms with Crippen LogP contribution in [0.25, 0.3) is 0 Å². The number of phenols is 1. The molecule has 1 aromatic heterocycles. The zero-order chi connectivity index (χ0) is 14.2. The molecule has 0 aliphatic carbocycles. The molecule has 2 aromatic rings. The number of nitrogens with two attached hydrogens (primary N) is 1. The molecule has 0 saturated carbocycles. The molecule has 0 saturated heterocycles. The summed E-state index contributed by atoms with van der Waals surface area (Å²) in [6.07, 6.45) is 0. The topological polar surface area (TPSA) is 92.4 Å². The molecule has 2 rings (SSSR count). The number of aromatic hydroxyl groups is 1. The molecule has 0 unspecified atom stereocenters. The molecular weight excluding hydrogens is 376 g/mol. The first-order valence-corrected chi connectivity index (χ1v) is 8.33. The third-order valence-corrected chi connectivity index (χ3v) is 6.48. The van der Waals surface area contributed by atoms with Gasteiger partial charge in [-0.1, -0.05) is 11.6 Å². The average molecular weight is 384 g/mol. The Balaban J connectivity index is 2.36. The van der Waals surface area contributed by atoms with E-state index in [-0.39, 0.29) is 21.3 Å². The molecule has 0 aliphatic rings. The number of halogens is 2. The van der Waals surface area contributed by atoms with Gasteiger partial charge >= 0.3 is 0 Å². The van der Waals surface area contributed by atoms with E-state index in [1.54, 1.807) is 0 Å². The van der Waals surface area contributed by atoms with Crippen molar-refractivity contribution in [3.63, 3.8) is 0 Å². The number of anilines is 2. The molecule has 1 heterocycles. The number of nitrogens with one attached hydrogen (secondary N) is 1. The number of hydrogen-bond donors (Lipinski definition) is 3. The number of rotatable bonds is 3. The van der Waals surface area contributed by atoms with Crippen molar-refractivity contribution in [2.24, 2.45) is 0 Å². The largest absolute Gasteiger partial charge is 0.508 e. The quantitative estimate of drug-likeness (QED) is 0.560. The van der Waals surface area contributed by atoms with Gasteiger partial charge in [-0.05, 0) is 34.1 Å². The second kappa shape index (κ2) is 5.20. The number of hydrogen-bond acceptors (Lipinski definition) is 5. The highest BCUT2D eigenvalue weighted by Gasteiger charge is 2.20. The maximum Gasteiger partial charge on any atom is 0.271 e. The summed E-state index contributed by atoms with van der Waals surface area (Å²) in [7, 11) is -3.76. The fraction of sp³-hybridized carbons (Fsp3) is 0. The number of sulfonamides is 1. The van der Waals surface area contributed by atoms with Crippen molar-refractivity contribution < 1.29 is 13.5 Å². The minimum atomic E-state index is -3.76. The van der Waals surface area contributed by atoms with Crippen LogP contribution in [0.2, 0.25) is 5.02 Å². The average Bonchev–Trinajstić information content (AvgIpc) is 2.64. The Kier molecular flexibility index (Phi) is 3.95. The Labute approximate surface area is 127 Å². The fourth-order valence-electron chi connectivity index (χ4n) is 1.30. The molecule has 1 aromatic carbocycles. The van der Waals surface area contributed by atoms with Gasteiger partial charge < -0.3 is 10.8 Å². The minimum Gasteiger partial charge on any atom is -0.508 e. The first kappa shape index (κ1) is 14.4. The molecule has 0 radical (unpaired) electrons. The summed E-state index contributed by atoms with van der Waals surface area (Å²) in [4.78, 5) is 0. The Bertz CT molecular complexity index is 711. The monoisotopic (exact) mass is 382 g/mol. The van der Waals surface area contributed by atoms with Crippen LogP contribution in [-0.4, -0.2) is 13.5 Å². The van der Waals surface area contributed by atoms with E-state index in [0.717, 1.165) is 11.3 Å². The first-order valence-electron chi connectivity index (χ1n) is 4.86. The maximum absolute atomic E-state index is 12.1. The van der Waals surface area contributed by atoms with Crippen molar-refractivity contribution in [1.82, 2.24) is 0 Å². The molecule has 102 valence electrons. The molecule has 0 atom stereocenters. The Morgan fingerprint density at radius 1 is 1.37 bits per heavy atom. The van der Waals surface area contributed by atoms with E-state index in [0.29, 0.717) is 8.81 Å². The van der Waals surface area contributed by atoms with Crippen molar-refractivity contribution >= 4 is 60.3 Å². The second-order valence-electron chi connectivity index (χ2n) is 3.56. The van der Waals surface area contributed by atoms with Gasteiger partial charge in [0.25, 0.3) is 10.0 Å². The molecule has 5 nitrogen and oxygen atoms in total. The molecule has 9 heteroatoms. The molecule has 0 spiro atoms. The molecule has 4 N–H and O–H groups in total. The Hall–Kier alpha value is -0.960. The molecule has 0 fully saturated rings. The van der Waals surface area contributed by atoms with Crippen LogP contribution < -0.4 is 10.5 Å². The SMILES string of the molecule is Nc1cc(O)ccc1NS(=O)(=O)c1cc(Cl)c(Br)s1. The van der Waals surface area contributed by atoms with Gasteiger partial charge in [0.05, 0.1) is 20.2 Å². The second-order valence-corrected chi connectivity index (χ2v) is 8.25. The lowest BCUT2D eigenvalue weighted by molar-refractivity contribution is 0.475. The molecule has 0 bridgehead atoms. The van der Waals surface area contributed by atoms with Crippen molar-refractivity contribution in [2.75, 3.05) is 10.5 Å². The van der Waals surface area contributed by atoms with E-state index in [2.05, 4.69) is 20.7 Å². The van der Waals surface area contributed by atoms with E-state index in [4.69, 9.17) is 17.3 Å². The van der Waals surface area contributed by atoms with Crippen molar-refractivity contribution in [1.29, 1.82) is 0 Å². The normalized spacial score (nSPS) is 11.5.